The van der Waals surface area contributed by atoms with Gasteiger partial charge in [-0.3, -0.25) is 29.5 Å². The number of rotatable bonds is 9. The van der Waals surface area contributed by atoms with Crippen LogP contribution < -0.4 is 11.1 Å². The van der Waals surface area contributed by atoms with E-state index in [0.717, 1.165) is 54.0 Å². The van der Waals surface area contributed by atoms with Crippen LogP contribution in [-0.4, -0.2) is 85.0 Å². The van der Waals surface area contributed by atoms with Crippen LogP contribution in [0.4, 0.5) is 0 Å². The maximum absolute atomic E-state index is 13.1. The number of aromatic nitrogens is 4. The molecule has 10 atom stereocenters. The van der Waals surface area contributed by atoms with Gasteiger partial charge in [-0.15, -0.1) is 13.2 Å². The van der Waals surface area contributed by atoms with Crippen LogP contribution in [0.3, 0.4) is 0 Å². The number of carboxylic acid groups (broad SMARTS) is 1. The van der Waals surface area contributed by atoms with Gasteiger partial charge in [-0.1, -0.05) is 68.1 Å². The fraction of sp³-hybridized carbons (Fsp3) is 0.333. The Morgan fingerprint density at radius 3 is 1.53 bits per heavy atom. The van der Waals surface area contributed by atoms with Crippen molar-refractivity contribution in [2.75, 3.05) is 26.2 Å². The van der Waals surface area contributed by atoms with E-state index in [1.165, 1.54) is 49.0 Å². The molecule has 6 saturated heterocycles. The van der Waals surface area contributed by atoms with Gasteiger partial charge < -0.3 is 16.2 Å². The topological polar surface area (TPSA) is 150 Å². The van der Waals surface area contributed by atoms with E-state index in [1.54, 1.807) is 24.4 Å². The summed E-state index contributed by atoms with van der Waals surface area (Å²) in [4.78, 5) is 44.9. The van der Waals surface area contributed by atoms with E-state index in [0.29, 0.717) is 29.5 Å². The molecule has 11 nitrogen and oxygen atoms in total. The molecule has 70 heavy (non-hydrogen) atoms. The number of nitrogens with one attached hydrogen (secondary N) is 1. The molecule has 6 fully saturated rings. The second kappa shape index (κ2) is 31.7. The fourth-order valence-corrected chi connectivity index (χ4v) is 10.1. The molecule has 4 aromatic heterocycles. The Morgan fingerprint density at radius 2 is 1.10 bits per heavy atom. The Labute approximate surface area is 479 Å². The van der Waals surface area contributed by atoms with Crippen molar-refractivity contribution in [2.24, 2.45) is 29.4 Å². The maximum atomic E-state index is 13.1. The molecular weight excluding hydrogens is 1330 g/mol. The molecule has 19 heteroatoms. The third-order valence-electron chi connectivity index (χ3n) is 13.2. The number of halogens is 3. The van der Waals surface area contributed by atoms with Crippen molar-refractivity contribution < 1.29 is 19.6 Å². The van der Waals surface area contributed by atoms with Crippen LogP contribution in [0.1, 0.15) is 77.3 Å². The van der Waals surface area contributed by atoms with Crippen LogP contribution in [0.25, 0.3) is 21.8 Å². The first kappa shape index (κ1) is 64.1. The average molecular weight is 1400 g/mol. The number of fused-ring (bicyclic) bond motifs is 8. The third kappa shape index (κ3) is 16.5. The zero-order valence-corrected chi connectivity index (χ0v) is 49.9. The van der Waals surface area contributed by atoms with Crippen molar-refractivity contribution in [1.82, 2.24) is 35.1 Å². The minimum atomic E-state index is -0.990. The summed E-state index contributed by atoms with van der Waals surface area (Å²) in [6, 6.07) is 31.4. The summed E-state index contributed by atoms with van der Waals surface area (Å²) in [6.07, 6.45) is 15.8. The van der Waals surface area contributed by atoms with Crippen molar-refractivity contribution in [1.29, 1.82) is 0 Å². The summed E-state index contributed by atoms with van der Waals surface area (Å²) in [5.74, 6) is 1.44. The number of carboxylic acids is 1. The molecule has 6 aliphatic rings. The van der Waals surface area contributed by atoms with Gasteiger partial charge in [-0.2, -0.15) is 54.0 Å². The molecule has 0 aliphatic carbocycles. The first-order chi connectivity index (χ1) is 31.6. The third-order valence-corrected chi connectivity index (χ3v) is 13.2. The van der Waals surface area contributed by atoms with E-state index < -0.39 is 5.97 Å². The Balaban J connectivity index is 0.000000370. The van der Waals surface area contributed by atoms with Crippen LogP contribution in [-0.2, 0) is 4.92 Å². The first-order valence-corrected chi connectivity index (χ1v) is 35.4. The zero-order valence-electron chi connectivity index (χ0n) is 38.0. The number of amides is 1. The molecule has 4 N–H and O–H groups in total. The number of piperidine rings is 6. The van der Waals surface area contributed by atoms with Gasteiger partial charge >= 0.3 is 70.8 Å². The van der Waals surface area contributed by atoms with Gasteiger partial charge in [0, 0.05) is 66.8 Å². The molecule has 0 spiro atoms. The average Bonchev–Trinajstić information content (AvgIpc) is 3.36. The summed E-state index contributed by atoms with van der Waals surface area (Å²) >= 11 is 7.39. The van der Waals surface area contributed by atoms with Crippen molar-refractivity contribution in [2.45, 2.75) is 57.3 Å². The summed E-state index contributed by atoms with van der Waals surface area (Å²) in [5.41, 5.74) is 11.6. The minimum absolute atomic E-state index is 0. The number of carbonyl (C=O) groups excluding carboxylic acids is 1. The molecule has 10 heterocycles. The molecular formula is C51H66I3N8O3S4V. The number of benzene rings is 2. The monoisotopic (exact) mass is 1400 g/mol. The molecule has 2 aromatic carbocycles. The SMILES string of the molecule is C.C=CC1CN2CCC1C[C@H]2[C@@H](N)c1ccnc2ccccc12.C=CC1CN2CCC1C[C@H]2[C@@H](NC(=O)c1ccccn1)c1ccnc2ccccc12.O=C(O)c1ccccn1.S.S.S.S.[I][V]([I])[I]. The predicted octanol–water partition coefficient (Wildman–Crippen LogP) is 11.6. The van der Waals surface area contributed by atoms with Crippen LogP contribution >= 0.6 is 114 Å². The van der Waals surface area contributed by atoms with Crippen LogP contribution in [0, 0.1) is 23.7 Å². The molecule has 378 valence electrons. The summed E-state index contributed by atoms with van der Waals surface area (Å²) in [5, 5.41) is 13.9. The Kier molecular flexibility index (Phi) is 29.0. The number of aromatic carboxylic acids is 1. The van der Waals surface area contributed by atoms with Gasteiger partial charge in [-0.05, 0) is 122 Å². The summed E-state index contributed by atoms with van der Waals surface area (Å²) in [7, 11) is 0. The standard InChI is InChI=1S/C25H26N4O.C19H23N3.C6H5NO2.CH4.3HI.4H2S.V/c1-2-17-16-29-14-11-18(17)15-23(29)24(28-25(30)22-9-5-6-12-26-22)20-10-13-27-21-8-4-3-7-19(20)21;1-2-13-12-22-10-8-14(13)11-18(22)19(20)16-7-9-21-17-6-4-3-5-15(16)17;8-6(9)5-3-1-2-4-7-5;;;;;;;;;/h2-10,12-13,17-18,23-24H,1,11,14-16H2,(H,28,30);2-7,9,13-14,18-19H,1,8,10-12,20H2;1-4H,(H,8,9);1H4;3*1H;4*1H2;/q;;;;;;;;;;;+3/p-3/t17?,18?,23-,24-;13?,14?,18-,19-;;;;;;;;;;/m00........../s1. The van der Waals surface area contributed by atoms with E-state index in [4.69, 9.17) is 10.8 Å². The van der Waals surface area contributed by atoms with Crippen LogP contribution in [0.15, 0.2) is 147 Å². The van der Waals surface area contributed by atoms with E-state index in [2.05, 4.69) is 157 Å². The van der Waals surface area contributed by atoms with E-state index in [9.17, 15) is 9.59 Å². The number of para-hydroxylation sites is 2. The van der Waals surface area contributed by atoms with E-state index in [1.807, 2.05) is 48.8 Å². The van der Waals surface area contributed by atoms with Crippen molar-refractivity contribution in [3.63, 3.8) is 0 Å². The molecule has 0 radical (unpaired) electrons. The van der Waals surface area contributed by atoms with Crippen molar-refractivity contribution >= 4 is 148 Å². The zero-order chi connectivity index (χ0) is 45.9. The summed E-state index contributed by atoms with van der Waals surface area (Å²) in [6.45, 7) is 12.4. The number of hydrogen-bond donors (Lipinski definition) is 3. The van der Waals surface area contributed by atoms with Crippen molar-refractivity contribution in [3.8, 4) is 0 Å². The Hall–Kier alpha value is -1.97. The quantitative estimate of drug-likeness (QED) is 0.0943. The van der Waals surface area contributed by atoms with Gasteiger partial charge in [0.25, 0.3) is 5.91 Å². The van der Waals surface area contributed by atoms with Crippen molar-refractivity contribution in [3.05, 3.63) is 170 Å². The number of nitrogens with zero attached hydrogens (tertiary/aromatic N) is 6. The number of pyridine rings is 4. The fourth-order valence-electron chi connectivity index (χ4n) is 10.1. The van der Waals surface area contributed by atoms with Gasteiger partial charge in [0.15, 0.2) is 0 Å². The Morgan fingerprint density at radius 1 is 0.657 bits per heavy atom. The number of carbonyl (C=O) groups is 2. The number of hydrogen-bond acceptors (Lipinski definition) is 9. The molecule has 4 bridgehead atoms. The molecule has 6 unspecified atom stereocenters. The van der Waals surface area contributed by atoms with E-state index in [-0.39, 0.29) is 96.1 Å². The van der Waals surface area contributed by atoms with Gasteiger partial charge in [0.1, 0.15) is 11.4 Å². The van der Waals surface area contributed by atoms with Gasteiger partial charge in [0.2, 0.25) is 0 Å². The van der Waals surface area contributed by atoms with Crippen LogP contribution in [0.5, 0.6) is 0 Å². The molecule has 12 rings (SSSR count). The van der Waals surface area contributed by atoms with Gasteiger partial charge in [-0.25, -0.2) is 9.78 Å². The number of nitrogens with two attached hydrogens (primary N) is 1. The predicted molar refractivity (Wildman–Crippen MR) is 330 cm³/mol. The molecule has 1 amide bonds. The van der Waals surface area contributed by atoms with E-state index >= 15 is 0 Å². The second-order valence-electron chi connectivity index (χ2n) is 16.7. The molecule has 6 aromatic rings. The second-order valence-corrected chi connectivity index (χ2v) is 52.1. The molecule has 0 saturated carbocycles. The molecule has 6 aliphatic heterocycles. The van der Waals surface area contributed by atoms with Gasteiger partial charge in [0.05, 0.1) is 17.1 Å². The van der Waals surface area contributed by atoms with Crippen LogP contribution in [0.2, 0.25) is 0 Å². The normalized spacial score (nSPS) is 23.0. The first-order valence-electron chi connectivity index (χ1n) is 21.9. The Bertz CT molecular complexity index is 2550. The summed E-state index contributed by atoms with van der Waals surface area (Å²) < 4.78 is 0.